The summed E-state index contributed by atoms with van der Waals surface area (Å²) in [5, 5.41) is 11.7. The van der Waals surface area contributed by atoms with Crippen LogP contribution in [0.15, 0.2) is 48.5 Å². The van der Waals surface area contributed by atoms with Crippen LogP contribution in [0.3, 0.4) is 0 Å². The van der Waals surface area contributed by atoms with Gasteiger partial charge in [0.25, 0.3) is 0 Å². The third-order valence-electron chi connectivity index (χ3n) is 8.11. The van der Waals surface area contributed by atoms with Crippen LogP contribution in [0, 0.1) is 5.92 Å². The zero-order chi connectivity index (χ0) is 21.8. The van der Waals surface area contributed by atoms with Gasteiger partial charge < -0.3 is 9.84 Å². The van der Waals surface area contributed by atoms with Crippen LogP contribution in [0.5, 0.6) is 0 Å². The van der Waals surface area contributed by atoms with Crippen LogP contribution in [0.1, 0.15) is 49.7 Å². The monoisotopic (exact) mass is 483 g/mol. The topological polar surface area (TPSA) is 49.8 Å². The number of esters is 1. The summed E-state index contributed by atoms with van der Waals surface area (Å²) in [7, 11) is 2.25. The first-order valence-electron chi connectivity index (χ1n) is 11.3. The number of ether oxygens (including phenoxy) is 1. The number of rotatable bonds is 3. The van der Waals surface area contributed by atoms with E-state index in [2.05, 4.69) is 27.9 Å². The molecule has 5 heteroatoms. The van der Waals surface area contributed by atoms with Crippen LogP contribution in [0.2, 0.25) is 0 Å². The Hall–Kier alpha value is -1.69. The third-order valence-corrected chi connectivity index (χ3v) is 8.11. The van der Waals surface area contributed by atoms with Crippen LogP contribution in [0.4, 0.5) is 0 Å². The lowest BCUT2D eigenvalue weighted by molar-refractivity contribution is -0.173. The number of benzene rings is 2. The van der Waals surface area contributed by atoms with Gasteiger partial charge in [-0.1, -0.05) is 64.5 Å². The molecule has 0 aromatic heterocycles. The van der Waals surface area contributed by atoms with E-state index in [9.17, 15) is 9.90 Å². The van der Waals surface area contributed by atoms with E-state index in [0.717, 1.165) is 29.9 Å². The molecule has 2 aliphatic heterocycles. The molecule has 3 atom stereocenters. The molecule has 0 spiro atoms. The lowest BCUT2D eigenvalue weighted by Crippen LogP contribution is -2.54. The molecule has 6 rings (SSSR count). The Balaban J connectivity index is 0.000000994. The van der Waals surface area contributed by atoms with Gasteiger partial charge in [0.1, 0.15) is 6.10 Å². The van der Waals surface area contributed by atoms with Crippen LogP contribution in [-0.4, -0.2) is 46.5 Å². The second-order valence-corrected chi connectivity index (χ2v) is 9.45. The molecule has 0 radical (unpaired) electrons. The van der Waals surface area contributed by atoms with Gasteiger partial charge in [-0.2, -0.15) is 0 Å². The molecule has 4 nitrogen and oxygen atoms in total. The highest BCUT2D eigenvalue weighted by atomic mass is 79.9. The van der Waals surface area contributed by atoms with E-state index in [4.69, 9.17) is 4.74 Å². The van der Waals surface area contributed by atoms with Crippen molar-refractivity contribution in [3.05, 3.63) is 59.7 Å². The minimum atomic E-state index is -1.72. The van der Waals surface area contributed by atoms with E-state index in [0.29, 0.717) is 17.2 Å². The predicted molar refractivity (Wildman–Crippen MR) is 125 cm³/mol. The molecular formula is C26H30BrNO3. The van der Waals surface area contributed by atoms with Crippen molar-refractivity contribution in [2.45, 2.75) is 61.8 Å². The molecular weight excluding hydrogens is 454 g/mol. The number of alkyl halides is 1. The van der Waals surface area contributed by atoms with E-state index in [1.165, 1.54) is 25.7 Å². The van der Waals surface area contributed by atoms with Crippen LogP contribution >= 0.6 is 15.9 Å². The van der Waals surface area contributed by atoms with Crippen molar-refractivity contribution in [1.29, 1.82) is 0 Å². The summed E-state index contributed by atoms with van der Waals surface area (Å²) in [4.78, 5) is 16.1. The van der Waals surface area contributed by atoms with Crippen molar-refractivity contribution in [3.8, 4) is 11.1 Å². The molecule has 2 saturated heterocycles. The van der Waals surface area contributed by atoms with E-state index < -0.39 is 11.6 Å². The predicted octanol–water partition coefficient (Wildman–Crippen LogP) is 4.86. The van der Waals surface area contributed by atoms with Gasteiger partial charge in [-0.25, -0.2) is 4.79 Å². The van der Waals surface area contributed by atoms with E-state index >= 15 is 0 Å². The van der Waals surface area contributed by atoms with Gasteiger partial charge in [-0.3, -0.25) is 4.90 Å². The minimum absolute atomic E-state index is 0.115. The van der Waals surface area contributed by atoms with Crippen molar-refractivity contribution in [3.63, 3.8) is 0 Å². The minimum Gasteiger partial charge on any atom is -0.460 e. The fourth-order valence-electron chi connectivity index (χ4n) is 6.49. The molecule has 0 amide bonds. The highest BCUT2D eigenvalue weighted by Crippen LogP contribution is 2.56. The Labute approximate surface area is 192 Å². The Morgan fingerprint density at radius 2 is 1.61 bits per heavy atom. The second-order valence-electron chi connectivity index (χ2n) is 9.45. The zero-order valence-electron chi connectivity index (χ0n) is 18.2. The highest BCUT2D eigenvalue weighted by molar-refractivity contribution is 9.08. The van der Waals surface area contributed by atoms with Gasteiger partial charge in [0.05, 0.1) is 0 Å². The summed E-state index contributed by atoms with van der Waals surface area (Å²) in [5.41, 5.74) is 1.59. The van der Waals surface area contributed by atoms with Crippen LogP contribution in [-0.2, 0) is 15.1 Å². The number of hydrogen-bond donors (Lipinski definition) is 1. The first-order valence-corrected chi connectivity index (χ1v) is 12.9. The Morgan fingerprint density at radius 1 is 1.03 bits per heavy atom. The van der Waals surface area contributed by atoms with E-state index in [1.807, 2.05) is 54.4 Å². The molecule has 2 heterocycles. The van der Waals surface area contributed by atoms with Crippen molar-refractivity contribution >= 4 is 21.9 Å². The standard InChI is InChI=1S/C25H27NO3.CH3Br/c1-26-17-12-13-24(26,16-10-11-16)15-18(14-17)29-23(27)25(28)21-8-4-2-6-19(21)20-7-3-5-9-22(20)25;1-2/h2-9,16-18,28H,10-15H2,1H3;1H3. The molecule has 2 bridgehead atoms. The van der Waals surface area contributed by atoms with Gasteiger partial charge in [0.2, 0.25) is 5.60 Å². The molecule has 2 aliphatic carbocycles. The van der Waals surface area contributed by atoms with E-state index in [-0.39, 0.29) is 11.6 Å². The molecule has 4 aliphatic rings. The number of halogens is 1. The van der Waals surface area contributed by atoms with Crippen molar-refractivity contribution in [2.24, 2.45) is 5.92 Å². The van der Waals surface area contributed by atoms with Gasteiger partial charge >= 0.3 is 5.97 Å². The van der Waals surface area contributed by atoms with Gasteiger partial charge in [0, 0.05) is 35.5 Å². The molecule has 164 valence electrons. The number of hydrogen-bond acceptors (Lipinski definition) is 4. The number of carbonyl (C=O) groups is 1. The van der Waals surface area contributed by atoms with Gasteiger partial charge in [-0.15, -0.1) is 0 Å². The first kappa shape index (κ1) is 21.2. The SMILES string of the molecule is CBr.CN1C2CCC1(C1CC1)CC(OC(=O)C1(O)c3ccccc3-c3ccccc31)C2. The number of nitrogens with zero attached hydrogens (tertiary/aromatic N) is 1. The second kappa shape index (κ2) is 7.72. The normalized spacial score (nSPS) is 30.1. The molecule has 1 saturated carbocycles. The lowest BCUT2D eigenvalue weighted by Gasteiger charge is -2.46. The van der Waals surface area contributed by atoms with Crippen molar-refractivity contribution in [2.75, 3.05) is 12.9 Å². The highest BCUT2D eigenvalue weighted by Gasteiger charge is 2.58. The summed E-state index contributed by atoms with van der Waals surface area (Å²) in [6, 6.07) is 15.8. The fourth-order valence-corrected chi connectivity index (χ4v) is 6.49. The van der Waals surface area contributed by atoms with Crippen LogP contribution < -0.4 is 0 Å². The summed E-state index contributed by atoms with van der Waals surface area (Å²) in [6.45, 7) is 0. The average molecular weight is 484 g/mol. The largest absolute Gasteiger partial charge is 0.460 e. The molecule has 2 aromatic rings. The van der Waals surface area contributed by atoms with Gasteiger partial charge in [-0.05, 0) is 55.6 Å². The van der Waals surface area contributed by atoms with Crippen molar-refractivity contribution < 1.29 is 14.6 Å². The molecule has 31 heavy (non-hydrogen) atoms. The number of piperidine rings is 1. The summed E-state index contributed by atoms with van der Waals surface area (Å²) < 4.78 is 6.11. The third kappa shape index (κ3) is 3.04. The fraction of sp³-hybridized carbons (Fsp3) is 0.500. The maximum absolute atomic E-state index is 13.5. The zero-order valence-corrected chi connectivity index (χ0v) is 19.8. The summed E-state index contributed by atoms with van der Waals surface area (Å²) >= 11 is 2.94. The number of aliphatic hydroxyl groups is 1. The average Bonchev–Trinajstić information content (AvgIpc) is 3.60. The van der Waals surface area contributed by atoms with Crippen LogP contribution in [0.25, 0.3) is 11.1 Å². The number of fused-ring (bicyclic) bond motifs is 5. The maximum Gasteiger partial charge on any atom is 0.348 e. The Kier molecular flexibility index (Phi) is 5.27. The molecule has 2 aromatic carbocycles. The van der Waals surface area contributed by atoms with E-state index in [1.54, 1.807) is 0 Å². The lowest BCUT2D eigenvalue weighted by atomic mass is 9.82. The summed E-state index contributed by atoms with van der Waals surface area (Å²) in [6.07, 6.45) is 6.65. The van der Waals surface area contributed by atoms with Crippen molar-refractivity contribution in [1.82, 2.24) is 4.90 Å². The Bertz CT molecular complexity index is 958. The van der Waals surface area contributed by atoms with Gasteiger partial charge in [0.15, 0.2) is 0 Å². The molecule has 3 fully saturated rings. The number of carbonyl (C=O) groups excluding carboxylic acids is 1. The quantitative estimate of drug-likeness (QED) is 0.500. The molecule has 3 unspecified atom stereocenters. The molecule has 1 N–H and O–H groups in total. The summed E-state index contributed by atoms with van der Waals surface area (Å²) in [5.74, 6) is 2.04. The Morgan fingerprint density at radius 3 is 2.19 bits per heavy atom. The maximum atomic E-state index is 13.5. The smallest absolute Gasteiger partial charge is 0.348 e. The first-order chi connectivity index (χ1) is 15.0.